The van der Waals surface area contributed by atoms with Crippen molar-refractivity contribution in [3.8, 4) is 0 Å². The predicted octanol–water partition coefficient (Wildman–Crippen LogP) is -0.976. The van der Waals surface area contributed by atoms with E-state index in [0.29, 0.717) is 0 Å². The quantitative estimate of drug-likeness (QED) is 0.482. The van der Waals surface area contributed by atoms with Crippen LogP contribution in [0, 0.1) is 0 Å². The largest absolute Gasteiger partial charge is 0.468 e. The van der Waals surface area contributed by atoms with Crippen LogP contribution >= 0.6 is 0 Å². The Kier molecular flexibility index (Phi) is 3.41. The number of nitrogens with zero attached hydrogens (tertiary/aromatic N) is 1. The van der Waals surface area contributed by atoms with Crippen molar-refractivity contribution in [1.29, 1.82) is 0 Å². The Morgan fingerprint density at radius 3 is 2.27 bits per heavy atom. The minimum Gasteiger partial charge on any atom is -0.468 e. The summed E-state index contributed by atoms with van der Waals surface area (Å²) in [5.41, 5.74) is 5.55. The lowest BCUT2D eigenvalue weighted by Gasteiger charge is -2.26. The number of hydrogen-bond donors (Lipinski definition) is 1. The molecular weight excluding hydrogens is 200 g/mol. The summed E-state index contributed by atoms with van der Waals surface area (Å²) < 4.78 is 4.45. The van der Waals surface area contributed by atoms with E-state index in [1.165, 1.54) is 7.11 Å². The summed E-state index contributed by atoms with van der Waals surface area (Å²) in [5.74, 6) is -1.20. The fraction of sp³-hybridized carbons (Fsp3) is 0.667. The molecule has 0 saturated carbocycles. The number of methoxy groups -OCH3 is 1. The molecule has 1 aliphatic heterocycles. The molecular formula is C9H14N2O4. The Bertz CT molecular complexity index is 286. The van der Waals surface area contributed by atoms with Crippen molar-refractivity contribution in [3.63, 3.8) is 0 Å². The van der Waals surface area contributed by atoms with Crippen LogP contribution in [0.25, 0.3) is 0 Å². The van der Waals surface area contributed by atoms with E-state index >= 15 is 0 Å². The lowest BCUT2D eigenvalue weighted by Crippen LogP contribution is -2.52. The number of nitrogens with two attached hydrogens (primary N) is 1. The summed E-state index contributed by atoms with van der Waals surface area (Å²) in [5, 5.41) is 0. The maximum absolute atomic E-state index is 11.3. The molecule has 15 heavy (non-hydrogen) atoms. The van der Waals surface area contributed by atoms with Crippen molar-refractivity contribution < 1.29 is 19.1 Å². The van der Waals surface area contributed by atoms with Gasteiger partial charge >= 0.3 is 5.97 Å². The molecule has 0 aromatic heterocycles. The predicted molar refractivity (Wildman–Crippen MR) is 50.5 cm³/mol. The van der Waals surface area contributed by atoms with Crippen molar-refractivity contribution >= 4 is 17.8 Å². The van der Waals surface area contributed by atoms with E-state index in [1.807, 2.05) is 0 Å². The van der Waals surface area contributed by atoms with Gasteiger partial charge in [0.2, 0.25) is 11.8 Å². The van der Waals surface area contributed by atoms with Gasteiger partial charge < -0.3 is 10.5 Å². The van der Waals surface area contributed by atoms with Crippen LogP contribution in [0.5, 0.6) is 0 Å². The number of carbonyl (C=O) groups is 3. The van der Waals surface area contributed by atoms with Gasteiger partial charge in [0.25, 0.3) is 0 Å². The molecule has 2 amide bonds. The topological polar surface area (TPSA) is 89.7 Å². The third-order valence-corrected chi connectivity index (χ3v) is 2.49. The van der Waals surface area contributed by atoms with Gasteiger partial charge in [0.1, 0.15) is 6.04 Å². The number of ether oxygens (including phenoxy) is 1. The van der Waals surface area contributed by atoms with E-state index in [0.717, 1.165) is 4.90 Å². The standard InChI is InChI=1S/C9H14N2O4/c1-5(8(10)9(14)15-2)11-6(12)3-4-7(11)13/h5,8H,3-4,10H2,1-2H3/t5-,8+/m0/s1. The molecule has 0 spiro atoms. The van der Waals surface area contributed by atoms with Gasteiger partial charge in [0.05, 0.1) is 13.2 Å². The molecule has 1 fully saturated rings. The second kappa shape index (κ2) is 4.39. The van der Waals surface area contributed by atoms with Crippen molar-refractivity contribution in [2.45, 2.75) is 31.8 Å². The molecule has 6 nitrogen and oxygen atoms in total. The number of carbonyl (C=O) groups excluding carboxylic acids is 3. The van der Waals surface area contributed by atoms with Crippen molar-refractivity contribution in [3.05, 3.63) is 0 Å². The first-order chi connectivity index (χ1) is 6.99. The fourth-order valence-corrected chi connectivity index (χ4v) is 1.54. The van der Waals surface area contributed by atoms with Gasteiger partial charge in [-0.25, -0.2) is 0 Å². The average molecular weight is 214 g/mol. The van der Waals surface area contributed by atoms with Gasteiger partial charge in [-0.3, -0.25) is 19.3 Å². The Labute approximate surface area is 87.4 Å². The lowest BCUT2D eigenvalue weighted by molar-refractivity contribution is -0.147. The summed E-state index contributed by atoms with van der Waals surface area (Å²) in [4.78, 5) is 34.8. The number of imide groups is 1. The molecule has 0 unspecified atom stereocenters. The highest BCUT2D eigenvalue weighted by Gasteiger charge is 2.37. The Balaban J connectivity index is 2.75. The number of rotatable bonds is 3. The van der Waals surface area contributed by atoms with Crippen LogP contribution in [0.4, 0.5) is 0 Å². The van der Waals surface area contributed by atoms with Crippen molar-refractivity contribution in [2.75, 3.05) is 7.11 Å². The number of hydrogen-bond acceptors (Lipinski definition) is 5. The van der Waals surface area contributed by atoms with E-state index in [-0.39, 0.29) is 24.7 Å². The zero-order valence-corrected chi connectivity index (χ0v) is 8.73. The van der Waals surface area contributed by atoms with Crippen LogP contribution in [0.1, 0.15) is 19.8 Å². The van der Waals surface area contributed by atoms with Gasteiger partial charge in [-0.2, -0.15) is 0 Å². The van der Waals surface area contributed by atoms with Crippen LogP contribution < -0.4 is 5.73 Å². The zero-order chi connectivity index (χ0) is 11.6. The monoisotopic (exact) mass is 214 g/mol. The Hall–Kier alpha value is -1.43. The van der Waals surface area contributed by atoms with Crippen LogP contribution in [0.2, 0.25) is 0 Å². The summed E-state index contributed by atoms with van der Waals surface area (Å²) >= 11 is 0. The molecule has 1 saturated heterocycles. The Morgan fingerprint density at radius 2 is 1.87 bits per heavy atom. The fourth-order valence-electron chi connectivity index (χ4n) is 1.54. The van der Waals surface area contributed by atoms with Gasteiger partial charge in [-0.05, 0) is 6.92 Å². The molecule has 6 heteroatoms. The molecule has 2 atom stereocenters. The first-order valence-corrected chi connectivity index (χ1v) is 4.67. The molecule has 1 aliphatic rings. The minimum absolute atomic E-state index is 0.192. The molecule has 0 aliphatic carbocycles. The molecule has 0 aromatic rings. The molecule has 1 heterocycles. The average Bonchev–Trinajstić information content (AvgIpc) is 2.55. The Morgan fingerprint density at radius 1 is 1.40 bits per heavy atom. The highest BCUT2D eigenvalue weighted by atomic mass is 16.5. The van der Waals surface area contributed by atoms with Crippen LogP contribution in [-0.4, -0.2) is 41.9 Å². The first-order valence-electron chi connectivity index (χ1n) is 4.67. The van der Waals surface area contributed by atoms with E-state index in [9.17, 15) is 14.4 Å². The van der Waals surface area contributed by atoms with E-state index in [1.54, 1.807) is 6.92 Å². The molecule has 0 radical (unpaired) electrons. The third-order valence-electron chi connectivity index (χ3n) is 2.49. The third kappa shape index (κ3) is 2.15. The van der Waals surface area contributed by atoms with Crippen molar-refractivity contribution in [2.24, 2.45) is 5.73 Å². The summed E-state index contributed by atoms with van der Waals surface area (Å²) in [6.07, 6.45) is 0.383. The van der Waals surface area contributed by atoms with Gasteiger partial charge in [0.15, 0.2) is 0 Å². The highest BCUT2D eigenvalue weighted by Crippen LogP contribution is 2.16. The minimum atomic E-state index is -0.985. The van der Waals surface area contributed by atoms with Crippen LogP contribution in [0.15, 0.2) is 0 Å². The molecule has 0 aromatic carbocycles. The molecule has 1 rings (SSSR count). The molecule has 84 valence electrons. The van der Waals surface area contributed by atoms with Crippen molar-refractivity contribution in [1.82, 2.24) is 4.90 Å². The van der Waals surface area contributed by atoms with Crippen LogP contribution in [-0.2, 0) is 19.1 Å². The lowest BCUT2D eigenvalue weighted by atomic mass is 10.1. The van der Waals surface area contributed by atoms with E-state index in [4.69, 9.17) is 5.73 Å². The van der Waals surface area contributed by atoms with Gasteiger partial charge in [-0.1, -0.05) is 0 Å². The zero-order valence-electron chi connectivity index (χ0n) is 8.73. The van der Waals surface area contributed by atoms with Gasteiger partial charge in [0, 0.05) is 12.8 Å². The summed E-state index contributed by atoms with van der Waals surface area (Å²) in [6.45, 7) is 1.56. The number of amides is 2. The summed E-state index contributed by atoms with van der Waals surface area (Å²) in [6, 6.07) is -1.64. The normalized spacial score (nSPS) is 20.3. The molecule has 0 bridgehead atoms. The maximum atomic E-state index is 11.3. The maximum Gasteiger partial charge on any atom is 0.324 e. The van der Waals surface area contributed by atoms with Crippen LogP contribution in [0.3, 0.4) is 0 Å². The number of esters is 1. The second-order valence-electron chi connectivity index (χ2n) is 3.45. The summed E-state index contributed by atoms with van der Waals surface area (Å²) in [7, 11) is 1.21. The second-order valence-corrected chi connectivity index (χ2v) is 3.45. The highest BCUT2D eigenvalue weighted by molar-refractivity contribution is 6.02. The van der Waals surface area contributed by atoms with E-state index in [2.05, 4.69) is 4.74 Å². The SMILES string of the molecule is COC(=O)[C@H](N)[C@H](C)N1C(=O)CCC1=O. The van der Waals surface area contributed by atoms with E-state index < -0.39 is 18.1 Å². The smallest absolute Gasteiger partial charge is 0.324 e. The first kappa shape index (κ1) is 11.6. The number of likely N-dealkylation sites (tertiary alicyclic amines) is 1. The van der Waals surface area contributed by atoms with Gasteiger partial charge in [-0.15, -0.1) is 0 Å². The molecule has 2 N–H and O–H groups in total.